The summed E-state index contributed by atoms with van der Waals surface area (Å²) >= 11 is 0. The third-order valence-corrected chi connectivity index (χ3v) is 3.47. The quantitative estimate of drug-likeness (QED) is 0.670. The Hall–Kier alpha value is -2.70. The Labute approximate surface area is 138 Å². The van der Waals surface area contributed by atoms with Gasteiger partial charge in [-0.25, -0.2) is 0 Å². The first-order chi connectivity index (χ1) is 11.8. The molecule has 6 nitrogen and oxygen atoms in total. The Morgan fingerprint density at radius 3 is 2.38 bits per heavy atom. The predicted octanol–water partition coefficient (Wildman–Crippen LogP) is 1.77. The molecule has 124 valence electrons. The van der Waals surface area contributed by atoms with Gasteiger partial charge in [0.2, 0.25) is 5.88 Å². The van der Waals surface area contributed by atoms with E-state index in [9.17, 15) is 4.79 Å². The average molecular weight is 326 g/mol. The lowest BCUT2D eigenvalue weighted by Gasteiger charge is -2.12. The van der Waals surface area contributed by atoms with Crippen LogP contribution in [0.3, 0.4) is 0 Å². The van der Waals surface area contributed by atoms with Crippen molar-refractivity contribution in [3.8, 4) is 11.6 Å². The molecule has 0 unspecified atom stereocenters. The fraction of sp³-hybridized carbons (Fsp3) is 0.222. The number of ether oxygens (including phenoxy) is 2. The molecule has 0 bridgehead atoms. The van der Waals surface area contributed by atoms with Crippen LogP contribution in [0.2, 0.25) is 0 Å². The lowest BCUT2D eigenvalue weighted by molar-refractivity contribution is 0.0695. The van der Waals surface area contributed by atoms with E-state index in [2.05, 4.69) is 5.10 Å². The van der Waals surface area contributed by atoms with Crippen LogP contribution < -0.4 is 10.3 Å². The van der Waals surface area contributed by atoms with E-state index in [1.54, 1.807) is 6.07 Å². The molecule has 1 heterocycles. The minimum atomic E-state index is -0.194. The van der Waals surface area contributed by atoms with Gasteiger partial charge in [0, 0.05) is 0 Å². The minimum absolute atomic E-state index is 0.0277. The number of fused-ring (bicyclic) bond motifs is 1. The van der Waals surface area contributed by atoms with Gasteiger partial charge in [0.25, 0.3) is 5.56 Å². The monoisotopic (exact) mass is 326 g/mol. The highest BCUT2D eigenvalue weighted by molar-refractivity contribution is 5.86. The molecule has 3 rings (SSSR count). The van der Waals surface area contributed by atoms with Gasteiger partial charge in [-0.05, 0) is 24.3 Å². The summed E-state index contributed by atoms with van der Waals surface area (Å²) in [6, 6.07) is 16.4. The van der Waals surface area contributed by atoms with Crippen LogP contribution in [-0.4, -0.2) is 41.3 Å². The molecule has 0 atom stereocenters. The largest absolute Gasteiger partial charge is 0.474 e. The van der Waals surface area contributed by atoms with E-state index in [-0.39, 0.29) is 25.4 Å². The zero-order chi connectivity index (χ0) is 16.8. The maximum Gasteiger partial charge on any atom is 0.279 e. The minimum Gasteiger partial charge on any atom is -0.474 e. The van der Waals surface area contributed by atoms with Crippen molar-refractivity contribution in [3.63, 3.8) is 0 Å². The van der Waals surface area contributed by atoms with Crippen molar-refractivity contribution in [2.24, 2.45) is 0 Å². The molecule has 0 saturated carbocycles. The highest BCUT2D eigenvalue weighted by Crippen LogP contribution is 2.21. The highest BCUT2D eigenvalue weighted by atomic mass is 16.5. The second-order valence-corrected chi connectivity index (χ2v) is 5.09. The molecule has 3 aromatic rings. The summed E-state index contributed by atoms with van der Waals surface area (Å²) in [5, 5.41) is 14.3. The zero-order valence-corrected chi connectivity index (χ0v) is 13.1. The molecule has 0 spiro atoms. The molecular weight excluding hydrogens is 308 g/mol. The third-order valence-electron chi connectivity index (χ3n) is 3.47. The van der Waals surface area contributed by atoms with Crippen LogP contribution in [0.1, 0.15) is 0 Å². The van der Waals surface area contributed by atoms with E-state index >= 15 is 0 Å². The lowest BCUT2D eigenvalue weighted by Crippen LogP contribution is -2.22. The second kappa shape index (κ2) is 7.72. The fourth-order valence-corrected chi connectivity index (χ4v) is 2.37. The maximum absolute atomic E-state index is 12.7. The molecule has 24 heavy (non-hydrogen) atoms. The molecule has 0 saturated heterocycles. The van der Waals surface area contributed by atoms with Crippen LogP contribution in [0.15, 0.2) is 59.4 Å². The van der Waals surface area contributed by atoms with Crippen LogP contribution in [0.25, 0.3) is 16.5 Å². The van der Waals surface area contributed by atoms with E-state index in [1.165, 1.54) is 4.68 Å². The topological polar surface area (TPSA) is 73.6 Å². The summed E-state index contributed by atoms with van der Waals surface area (Å²) in [5.74, 6) is 0.377. The number of hydrogen-bond acceptors (Lipinski definition) is 5. The first-order valence-electron chi connectivity index (χ1n) is 7.70. The standard InChI is InChI=1S/C18H18N2O4/c21-10-11-23-12-13-24-17-15-8-4-5-9-16(15)18(22)20(19-17)14-6-2-1-3-7-14/h1-9,21H,10-13H2. The Bertz CT molecular complexity index is 862. The maximum atomic E-state index is 12.7. The first kappa shape index (κ1) is 16.2. The zero-order valence-electron chi connectivity index (χ0n) is 13.1. The van der Waals surface area contributed by atoms with Crippen LogP contribution in [-0.2, 0) is 4.74 Å². The number of aromatic nitrogens is 2. The Morgan fingerprint density at radius 2 is 1.62 bits per heavy atom. The van der Waals surface area contributed by atoms with Gasteiger partial charge < -0.3 is 14.6 Å². The van der Waals surface area contributed by atoms with Gasteiger partial charge in [0.1, 0.15) is 6.61 Å². The van der Waals surface area contributed by atoms with Crippen molar-refractivity contribution in [2.45, 2.75) is 0 Å². The summed E-state index contributed by atoms with van der Waals surface area (Å²) in [5.41, 5.74) is 0.482. The van der Waals surface area contributed by atoms with Crippen LogP contribution in [0.5, 0.6) is 5.88 Å². The SMILES string of the molecule is O=c1c2ccccc2c(OCCOCCO)nn1-c1ccccc1. The molecule has 0 aliphatic carbocycles. The van der Waals surface area contributed by atoms with E-state index < -0.39 is 0 Å². The van der Waals surface area contributed by atoms with Gasteiger partial charge in [-0.15, -0.1) is 5.10 Å². The third kappa shape index (κ3) is 3.45. The van der Waals surface area contributed by atoms with Crippen molar-refractivity contribution >= 4 is 10.8 Å². The number of aliphatic hydroxyl groups is 1. The van der Waals surface area contributed by atoms with E-state index in [1.807, 2.05) is 48.5 Å². The Kier molecular flexibility index (Phi) is 5.20. The summed E-state index contributed by atoms with van der Waals surface area (Å²) < 4.78 is 12.2. The van der Waals surface area contributed by atoms with Gasteiger partial charge in [-0.1, -0.05) is 30.3 Å². The molecule has 0 aliphatic rings. The highest BCUT2D eigenvalue weighted by Gasteiger charge is 2.12. The first-order valence-corrected chi connectivity index (χ1v) is 7.70. The Morgan fingerprint density at radius 1 is 0.917 bits per heavy atom. The molecule has 0 aliphatic heterocycles. The van der Waals surface area contributed by atoms with Gasteiger partial charge in [-0.3, -0.25) is 4.79 Å². The number of rotatable bonds is 7. The molecular formula is C18H18N2O4. The normalized spacial score (nSPS) is 10.9. The summed E-state index contributed by atoms with van der Waals surface area (Å²) in [6.45, 7) is 0.853. The van der Waals surface area contributed by atoms with Crippen LogP contribution in [0, 0.1) is 0 Å². The van der Waals surface area contributed by atoms with Crippen molar-refractivity contribution in [3.05, 3.63) is 65.0 Å². The molecule has 0 fully saturated rings. The molecule has 0 radical (unpaired) electrons. The summed E-state index contributed by atoms with van der Waals surface area (Å²) in [7, 11) is 0. The average Bonchev–Trinajstić information content (AvgIpc) is 2.64. The van der Waals surface area contributed by atoms with Gasteiger partial charge in [-0.2, -0.15) is 4.68 Å². The number of para-hydroxylation sites is 1. The Balaban J connectivity index is 1.98. The van der Waals surface area contributed by atoms with E-state index in [0.717, 1.165) is 0 Å². The number of hydrogen-bond donors (Lipinski definition) is 1. The molecule has 1 N–H and O–H groups in total. The van der Waals surface area contributed by atoms with Crippen LogP contribution in [0.4, 0.5) is 0 Å². The van der Waals surface area contributed by atoms with Gasteiger partial charge in [0.05, 0.1) is 36.3 Å². The number of nitrogens with zero attached hydrogens (tertiary/aromatic N) is 2. The molecule has 6 heteroatoms. The molecule has 2 aromatic carbocycles. The van der Waals surface area contributed by atoms with Gasteiger partial charge >= 0.3 is 0 Å². The summed E-state index contributed by atoms with van der Waals surface area (Å²) in [4.78, 5) is 12.7. The molecule has 0 amide bonds. The second-order valence-electron chi connectivity index (χ2n) is 5.09. The van der Waals surface area contributed by atoms with E-state index in [0.29, 0.717) is 28.9 Å². The molecule has 1 aromatic heterocycles. The van der Waals surface area contributed by atoms with E-state index in [4.69, 9.17) is 14.6 Å². The predicted molar refractivity (Wildman–Crippen MR) is 90.7 cm³/mol. The van der Waals surface area contributed by atoms with Gasteiger partial charge in [0.15, 0.2) is 0 Å². The number of aliphatic hydroxyl groups excluding tert-OH is 1. The number of benzene rings is 2. The lowest BCUT2D eigenvalue weighted by atomic mass is 10.2. The van der Waals surface area contributed by atoms with Crippen molar-refractivity contribution in [1.29, 1.82) is 0 Å². The smallest absolute Gasteiger partial charge is 0.279 e. The fourth-order valence-electron chi connectivity index (χ4n) is 2.37. The van der Waals surface area contributed by atoms with Crippen molar-refractivity contribution in [2.75, 3.05) is 26.4 Å². The summed E-state index contributed by atoms with van der Waals surface area (Å²) in [6.07, 6.45) is 0. The van der Waals surface area contributed by atoms with Crippen molar-refractivity contribution < 1.29 is 14.6 Å². The van der Waals surface area contributed by atoms with Crippen LogP contribution >= 0.6 is 0 Å². The van der Waals surface area contributed by atoms with Crippen molar-refractivity contribution in [1.82, 2.24) is 9.78 Å².